The number of benzene rings is 2. The van der Waals surface area contributed by atoms with Crippen molar-refractivity contribution in [2.75, 3.05) is 48.9 Å². The van der Waals surface area contributed by atoms with Crippen LogP contribution in [0.15, 0.2) is 53.1 Å². The van der Waals surface area contributed by atoms with Crippen molar-refractivity contribution >= 4 is 45.0 Å². The highest BCUT2D eigenvalue weighted by Gasteiger charge is 2.37. The number of carbonyl (C=O) groups is 1. The Hall–Kier alpha value is -3.17. The number of nitrogens with one attached hydrogen (secondary N) is 1. The van der Waals surface area contributed by atoms with Gasteiger partial charge in [0.05, 0.1) is 18.5 Å². The molecule has 39 heavy (non-hydrogen) atoms. The highest BCUT2D eigenvalue weighted by Crippen LogP contribution is 2.38. The maximum atomic E-state index is 13.3. The molecular formula is C30H37BrN6O2. The fourth-order valence-electron chi connectivity index (χ4n) is 5.52. The number of amides is 1. The molecule has 1 fully saturated rings. The number of hydrogen-bond acceptors (Lipinski definition) is 7. The second kappa shape index (κ2) is 11.9. The van der Waals surface area contributed by atoms with E-state index in [9.17, 15) is 4.79 Å². The zero-order valence-electron chi connectivity index (χ0n) is 23.2. The van der Waals surface area contributed by atoms with Crippen LogP contribution in [-0.4, -0.2) is 60.6 Å². The molecule has 8 nitrogen and oxygen atoms in total. The molecule has 1 N–H and O–H groups in total. The van der Waals surface area contributed by atoms with E-state index in [4.69, 9.17) is 9.72 Å². The van der Waals surface area contributed by atoms with E-state index in [1.54, 1.807) is 18.1 Å². The average molecular weight is 594 g/mol. The summed E-state index contributed by atoms with van der Waals surface area (Å²) in [5, 5.41) is 3.40. The molecule has 0 aliphatic carbocycles. The van der Waals surface area contributed by atoms with E-state index in [-0.39, 0.29) is 11.9 Å². The standard InChI is InChI=1S/C30H37BrN6O2/c1-5-25-29(38)36(4)26-18-32-30(34-28(26)37(25)19-22-9-7-8-10-23(22)31)33-24-12-11-21(17-27(24)39-6-2)20-13-15-35(3)16-14-20/h7-12,17-18,20,25H,5-6,13-16,19H2,1-4H3,(H,32,33,34)/t25-/m1/s1. The summed E-state index contributed by atoms with van der Waals surface area (Å²) < 4.78 is 7.06. The summed E-state index contributed by atoms with van der Waals surface area (Å²) in [6.07, 6.45) is 4.71. The molecule has 1 atom stereocenters. The topological polar surface area (TPSA) is 73.8 Å². The third-order valence-electron chi connectivity index (χ3n) is 7.80. The number of aromatic nitrogens is 2. The second-order valence-electron chi connectivity index (χ2n) is 10.3. The quantitative estimate of drug-likeness (QED) is 0.346. The van der Waals surface area contributed by atoms with Gasteiger partial charge in [0.25, 0.3) is 0 Å². The maximum Gasteiger partial charge on any atom is 0.249 e. The van der Waals surface area contributed by atoms with Crippen LogP contribution in [0.3, 0.4) is 0 Å². The van der Waals surface area contributed by atoms with Gasteiger partial charge in [0.2, 0.25) is 11.9 Å². The van der Waals surface area contributed by atoms with Crippen molar-refractivity contribution in [1.82, 2.24) is 14.9 Å². The minimum Gasteiger partial charge on any atom is -0.492 e. The van der Waals surface area contributed by atoms with Gasteiger partial charge in [0.15, 0.2) is 5.82 Å². The molecular weight excluding hydrogens is 556 g/mol. The molecule has 1 aromatic heterocycles. The molecule has 2 aliphatic heterocycles. The number of carbonyl (C=O) groups excluding carboxylic acids is 1. The first kappa shape index (κ1) is 27.4. The van der Waals surface area contributed by atoms with Crippen molar-refractivity contribution in [2.24, 2.45) is 0 Å². The van der Waals surface area contributed by atoms with Crippen molar-refractivity contribution in [1.29, 1.82) is 0 Å². The molecule has 1 saturated heterocycles. The molecule has 2 aliphatic rings. The van der Waals surface area contributed by atoms with Gasteiger partial charge in [-0.25, -0.2) is 4.98 Å². The molecule has 5 rings (SSSR count). The molecule has 0 bridgehead atoms. The Kier molecular flexibility index (Phi) is 8.37. The van der Waals surface area contributed by atoms with E-state index in [0.717, 1.165) is 53.2 Å². The Labute approximate surface area is 239 Å². The number of ether oxygens (including phenoxy) is 1. The Morgan fingerprint density at radius 1 is 1.10 bits per heavy atom. The van der Waals surface area contributed by atoms with E-state index < -0.39 is 0 Å². The van der Waals surface area contributed by atoms with Crippen molar-refractivity contribution in [2.45, 2.75) is 51.6 Å². The van der Waals surface area contributed by atoms with Crippen LogP contribution in [0.25, 0.3) is 0 Å². The summed E-state index contributed by atoms with van der Waals surface area (Å²) in [5.41, 5.74) is 3.94. The summed E-state index contributed by atoms with van der Waals surface area (Å²) in [6, 6.07) is 14.2. The zero-order chi connectivity index (χ0) is 27.5. The van der Waals surface area contributed by atoms with Gasteiger partial charge in [-0.3, -0.25) is 4.79 Å². The van der Waals surface area contributed by atoms with E-state index in [2.05, 4.69) is 67.3 Å². The molecule has 2 aromatic carbocycles. The molecule has 9 heteroatoms. The van der Waals surface area contributed by atoms with Crippen LogP contribution in [0.5, 0.6) is 5.75 Å². The number of anilines is 4. The Balaban J connectivity index is 1.47. The van der Waals surface area contributed by atoms with Gasteiger partial charge >= 0.3 is 0 Å². The highest BCUT2D eigenvalue weighted by molar-refractivity contribution is 9.10. The summed E-state index contributed by atoms with van der Waals surface area (Å²) >= 11 is 3.67. The number of likely N-dealkylation sites (tertiary alicyclic amines) is 1. The Bertz CT molecular complexity index is 1330. The van der Waals surface area contributed by atoms with Crippen molar-refractivity contribution in [3.05, 3.63) is 64.3 Å². The Morgan fingerprint density at radius 3 is 2.59 bits per heavy atom. The lowest BCUT2D eigenvalue weighted by atomic mass is 9.89. The largest absolute Gasteiger partial charge is 0.492 e. The van der Waals surface area contributed by atoms with Crippen molar-refractivity contribution < 1.29 is 9.53 Å². The van der Waals surface area contributed by atoms with Gasteiger partial charge in [-0.15, -0.1) is 0 Å². The number of fused-ring (bicyclic) bond motifs is 1. The highest BCUT2D eigenvalue weighted by atomic mass is 79.9. The van der Waals surface area contributed by atoms with Gasteiger partial charge in [-0.05, 0) is 81.6 Å². The van der Waals surface area contributed by atoms with Crippen LogP contribution >= 0.6 is 15.9 Å². The number of nitrogens with zero attached hydrogens (tertiary/aromatic N) is 5. The van der Waals surface area contributed by atoms with E-state index in [0.29, 0.717) is 37.1 Å². The molecule has 206 valence electrons. The lowest BCUT2D eigenvalue weighted by molar-refractivity contribution is -0.120. The SMILES string of the molecule is CCOc1cc(C2CCN(C)CC2)ccc1Nc1ncc2c(n1)N(Cc1ccccc1Br)[C@H](CC)C(=O)N2C. The van der Waals surface area contributed by atoms with Crippen LogP contribution in [0.2, 0.25) is 0 Å². The van der Waals surface area contributed by atoms with E-state index in [1.807, 2.05) is 32.0 Å². The summed E-state index contributed by atoms with van der Waals surface area (Å²) in [4.78, 5) is 29.0. The van der Waals surface area contributed by atoms with Crippen molar-refractivity contribution in [3.8, 4) is 5.75 Å². The van der Waals surface area contributed by atoms with Crippen LogP contribution < -0.4 is 19.9 Å². The number of hydrogen-bond donors (Lipinski definition) is 1. The second-order valence-corrected chi connectivity index (χ2v) is 11.2. The number of halogens is 1. The predicted octanol–water partition coefficient (Wildman–Crippen LogP) is 5.95. The van der Waals surface area contributed by atoms with Gasteiger partial charge in [0, 0.05) is 18.1 Å². The van der Waals surface area contributed by atoms with E-state index in [1.165, 1.54) is 5.56 Å². The minimum absolute atomic E-state index is 0.0458. The third kappa shape index (κ3) is 5.75. The molecule has 3 aromatic rings. The number of likely N-dealkylation sites (N-methyl/N-ethyl adjacent to an activating group) is 1. The van der Waals surface area contributed by atoms with Crippen molar-refractivity contribution in [3.63, 3.8) is 0 Å². The molecule has 0 unspecified atom stereocenters. The third-order valence-corrected chi connectivity index (χ3v) is 8.58. The van der Waals surface area contributed by atoms with Crippen LogP contribution in [-0.2, 0) is 11.3 Å². The van der Waals surface area contributed by atoms with Gasteiger partial charge in [0.1, 0.15) is 17.5 Å². The monoisotopic (exact) mass is 592 g/mol. The van der Waals surface area contributed by atoms with Crippen LogP contribution in [0.4, 0.5) is 23.1 Å². The molecule has 0 radical (unpaired) electrons. The predicted molar refractivity (Wildman–Crippen MR) is 160 cm³/mol. The first-order valence-corrected chi connectivity index (χ1v) is 14.6. The first-order chi connectivity index (χ1) is 18.9. The fourth-order valence-corrected chi connectivity index (χ4v) is 5.93. The smallest absolute Gasteiger partial charge is 0.249 e. The van der Waals surface area contributed by atoms with E-state index >= 15 is 0 Å². The molecule has 3 heterocycles. The summed E-state index contributed by atoms with van der Waals surface area (Å²) in [5.74, 6) is 2.59. The number of piperidine rings is 1. The van der Waals surface area contributed by atoms with Gasteiger partial charge in [-0.2, -0.15) is 4.98 Å². The van der Waals surface area contributed by atoms with Crippen LogP contribution in [0, 0.1) is 0 Å². The fraction of sp³-hybridized carbons (Fsp3) is 0.433. The molecule has 1 amide bonds. The average Bonchev–Trinajstić information content (AvgIpc) is 2.94. The zero-order valence-corrected chi connectivity index (χ0v) is 24.7. The molecule has 0 saturated carbocycles. The number of rotatable bonds is 8. The lowest BCUT2D eigenvalue weighted by Crippen LogP contribution is -2.52. The lowest BCUT2D eigenvalue weighted by Gasteiger charge is -2.40. The minimum atomic E-state index is -0.315. The maximum absolute atomic E-state index is 13.3. The summed E-state index contributed by atoms with van der Waals surface area (Å²) in [7, 11) is 3.98. The molecule has 0 spiro atoms. The summed E-state index contributed by atoms with van der Waals surface area (Å²) in [6.45, 7) is 7.39. The normalized spacial score (nSPS) is 18.3. The first-order valence-electron chi connectivity index (χ1n) is 13.8. The van der Waals surface area contributed by atoms with Crippen LogP contribution in [0.1, 0.15) is 50.2 Å². The van der Waals surface area contributed by atoms with Gasteiger partial charge in [-0.1, -0.05) is 47.1 Å². The van der Waals surface area contributed by atoms with Gasteiger partial charge < -0.3 is 24.8 Å². The Morgan fingerprint density at radius 2 is 1.87 bits per heavy atom.